The lowest BCUT2D eigenvalue weighted by atomic mass is 9.96. The molecule has 1 heterocycles. The van der Waals surface area contributed by atoms with E-state index in [1.54, 1.807) is 66.7 Å². The van der Waals surface area contributed by atoms with E-state index in [0.29, 0.717) is 26.5 Å². The van der Waals surface area contributed by atoms with Gasteiger partial charge in [-0.15, -0.1) is 0 Å². The average molecular weight is 459 g/mol. The molecule has 0 saturated heterocycles. The third-order valence-electron chi connectivity index (χ3n) is 4.74. The van der Waals surface area contributed by atoms with Gasteiger partial charge in [-0.2, -0.15) is 10.5 Å². The molecule has 4 rings (SSSR count). The molecule has 0 aromatic heterocycles. The topological polar surface area (TPSA) is 114 Å². The minimum absolute atomic E-state index is 0.0677. The highest BCUT2D eigenvalue weighted by atomic mass is 32.2. The maximum atomic E-state index is 13.7. The molecule has 6 nitrogen and oxygen atoms in total. The second kappa shape index (κ2) is 8.74. The standard InChI is InChI=1S/C24H14N2O4S2/c25-14-17-6-5-9-18(21(17)15-26)19-7-1-3-10-23(19)31(27)24-11-4-2-8-20(24)22-16-32(28,29)13-12-30-22/h1-13,16H. The Labute approximate surface area is 188 Å². The Morgan fingerprint density at radius 2 is 1.44 bits per heavy atom. The molecule has 0 fully saturated rings. The van der Waals surface area contributed by atoms with Crippen LogP contribution in [0.1, 0.15) is 16.7 Å². The Morgan fingerprint density at radius 3 is 2.09 bits per heavy atom. The molecule has 1 atom stereocenters. The van der Waals surface area contributed by atoms with Gasteiger partial charge < -0.3 is 9.29 Å². The number of nitriles is 2. The van der Waals surface area contributed by atoms with E-state index in [2.05, 4.69) is 6.07 Å². The summed E-state index contributed by atoms with van der Waals surface area (Å²) in [5, 5.41) is 20.9. The van der Waals surface area contributed by atoms with Crippen LogP contribution in [-0.4, -0.2) is 13.0 Å². The van der Waals surface area contributed by atoms with E-state index in [1.165, 1.54) is 0 Å². The minimum Gasteiger partial charge on any atom is -0.606 e. The summed E-state index contributed by atoms with van der Waals surface area (Å²) in [5.41, 5.74) is 1.83. The highest BCUT2D eigenvalue weighted by Crippen LogP contribution is 2.37. The van der Waals surface area contributed by atoms with E-state index >= 15 is 0 Å². The molecule has 3 aromatic carbocycles. The van der Waals surface area contributed by atoms with Gasteiger partial charge in [-0.05, 0) is 30.3 Å². The molecule has 156 valence electrons. The van der Waals surface area contributed by atoms with Crippen LogP contribution in [0.2, 0.25) is 0 Å². The number of nitrogens with zero attached hydrogens (tertiary/aromatic N) is 2. The first-order chi connectivity index (χ1) is 15.4. The maximum Gasteiger partial charge on any atom is 0.199 e. The zero-order valence-electron chi connectivity index (χ0n) is 16.4. The van der Waals surface area contributed by atoms with E-state index in [-0.39, 0.29) is 16.9 Å². The average Bonchev–Trinajstić information content (AvgIpc) is 2.82. The van der Waals surface area contributed by atoms with Crippen molar-refractivity contribution in [1.29, 1.82) is 10.5 Å². The zero-order valence-corrected chi connectivity index (χ0v) is 18.1. The van der Waals surface area contributed by atoms with E-state index in [9.17, 15) is 23.5 Å². The summed E-state index contributed by atoms with van der Waals surface area (Å²) in [7, 11) is -3.59. The second-order valence-corrected chi connectivity index (χ2v) is 9.78. The first-order valence-corrected chi connectivity index (χ1v) is 12.0. The van der Waals surface area contributed by atoms with E-state index < -0.39 is 21.0 Å². The number of hydrogen-bond donors (Lipinski definition) is 0. The third kappa shape index (κ3) is 4.03. The highest BCUT2D eigenvalue weighted by molar-refractivity contribution is 7.97. The quantitative estimate of drug-likeness (QED) is 0.533. The van der Waals surface area contributed by atoms with Crippen LogP contribution in [0.4, 0.5) is 0 Å². The van der Waals surface area contributed by atoms with Crippen LogP contribution < -0.4 is 0 Å². The third-order valence-corrected chi connectivity index (χ3v) is 7.28. The predicted octanol–water partition coefficient (Wildman–Crippen LogP) is 4.48. The summed E-state index contributed by atoms with van der Waals surface area (Å²) in [4.78, 5) is 0.771. The summed E-state index contributed by atoms with van der Waals surface area (Å²) in [5.74, 6) is 0.0677. The second-order valence-electron chi connectivity index (χ2n) is 6.67. The molecule has 32 heavy (non-hydrogen) atoms. The summed E-state index contributed by atoms with van der Waals surface area (Å²) >= 11 is -1.75. The van der Waals surface area contributed by atoms with Crippen LogP contribution in [0.5, 0.6) is 0 Å². The van der Waals surface area contributed by atoms with Crippen molar-refractivity contribution in [3.63, 3.8) is 0 Å². The van der Waals surface area contributed by atoms with Crippen LogP contribution in [-0.2, 0) is 25.7 Å². The van der Waals surface area contributed by atoms with Gasteiger partial charge in [0, 0.05) is 22.3 Å². The molecule has 8 heteroatoms. The van der Waals surface area contributed by atoms with Crippen LogP contribution in [0.15, 0.2) is 93.6 Å². The zero-order chi connectivity index (χ0) is 22.7. The van der Waals surface area contributed by atoms with E-state index in [1.807, 2.05) is 6.07 Å². The van der Waals surface area contributed by atoms with Gasteiger partial charge in [-0.1, -0.05) is 36.4 Å². The van der Waals surface area contributed by atoms with Gasteiger partial charge in [0.2, 0.25) is 0 Å². The minimum atomic E-state index is -3.59. The molecule has 3 aromatic rings. The lowest BCUT2D eigenvalue weighted by Gasteiger charge is -2.18. The van der Waals surface area contributed by atoms with Crippen LogP contribution >= 0.6 is 0 Å². The lowest BCUT2D eigenvalue weighted by molar-refractivity contribution is 0.433. The Morgan fingerprint density at radius 1 is 0.812 bits per heavy atom. The summed E-state index contributed by atoms with van der Waals surface area (Å²) in [6.45, 7) is 0. The van der Waals surface area contributed by atoms with E-state index in [0.717, 1.165) is 17.1 Å². The van der Waals surface area contributed by atoms with Crippen LogP contribution in [0.25, 0.3) is 16.9 Å². The first-order valence-electron chi connectivity index (χ1n) is 9.29. The molecule has 0 saturated carbocycles. The van der Waals surface area contributed by atoms with Crippen molar-refractivity contribution in [3.8, 4) is 23.3 Å². The number of sulfone groups is 1. The van der Waals surface area contributed by atoms with Crippen molar-refractivity contribution >= 4 is 26.8 Å². The van der Waals surface area contributed by atoms with Gasteiger partial charge in [0.25, 0.3) is 0 Å². The Hall–Kier alpha value is -3.82. The predicted molar refractivity (Wildman–Crippen MR) is 120 cm³/mol. The number of rotatable bonds is 4. The first kappa shape index (κ1) is 21.4. The summed E-state index contributed by atoms with van der Waals surface area (Å²) < 4.78 is 43.1. The Balaban J connectivity index is 1.87. The van der Waals surface area contributed by atoms with Gasteiger partial charge in [0.05, 0.1) is 27.5 Å². The highest BCUT2D eigenvalue weighted by Gasteiger charge is 2.27. The van der Waals surface area contributed by atoms with Crippen LogP contribution in [0.3, 0.4) is 0 Å². The SMILES string of the molecule is N#Cc1cccc(-c2ccccc2[S+]([O-])c2ccccc2C2=CS(=O)(=O)C=CO2)c1C#N. The van der Waals surface area contributed by atoms with Crippen molar-refractivity contribution in [2.45, 2.75) is 9.79 Å². The molecule has 0 bridgehead atoms. The van der Waals surface area contributed by atoms with Crippen molar-refractivity contribution in [3.05, 3.63) is 100 Å². The summed E-state index contributed by atoms with van der Waals surface area (Å²) in [6.07, 6.45) is 1.07. The van der Waals surface area contributed by atoms with Crippen molar-refractivity contribution in [2.24, 2.45) is 0 Å². The Bertz CT molecular complexity index is 1460. The van der Waals surface area contributed by atoms with Gasteiger partial charge >= 0.3 is 0 Å². The van der Waals surface area contributed by atoms with Crippen molar-refractivity contribution in [2.75, 3.05) is 0 Å². The van der Waals surface area contributed by atoms with E-state index in [4.69, 9.17) is 4.74 Å². The fraction of sp³-hybridized carbons (Fsp3) is 0. The maximum absolute atomic E-state index is 13.7. The van der Waals surface area contributed by atoms with Gasteiger partial charge in [0.1, 0.15) is 18.4 Å². The largest absolute Gasteiger partial charge is 0.606 e. The number of ether oxygens (including phenoxy) is 1. The summed E-state index contributed by atoms with van der Waals surface area (Å²) in [6, 6.07) is 22.5. The molecule has 0 amide bonds. The Kier molecular flexibility index (Phi) is 5.85. The number of benzene rings is 3. The number of hydrogen-bond acceptors (Lipinski definition) is 6. The monoisotopic (exact) mass is 458 g/mol. The molecule has 1 aliphatic rings. The fourth-order valence-electron chi connectivity index (χ4n) is 3.31. The molecule has 1 unspecified atom stereocenters. The van der Waals surface area contributed by atoms with Gasteiger partial charge in [0.15, 0.2) is 25.4 Å². The normalized spacial score (nSPS) is 15.0. The fourth-order valence-corrected chi connectivity index (χ4v) is 5.47. The van der Waals surface area contributed by atoms with Gasteiger partial charge in [-0.3, -0.25) is 0 Å². The molecular formula is C24H14N2O4S2. The molecule has 0 radical (unpaired) electrons. The molecule has 0 spiro atoms. The molecule has 0 N–H and O–H groups in total. The van der Waals surface area contributed by atoms with Crippen molar-refractivity contribution < 1.29 is 17.7 Å². The van der Waals surface area contributed by atoms with Gasteiger partial charge in [-0.25, -0.2) is 8.42 Å². The lowest BCUT2D eigenvalue weighted by Crippen LogP contribution is -2.09. The molecule has 0 aliphatic carbocycles. The molecular weight excluding hydrogens is 444 g/mol. The van der Waals surface area contributed by atoms with Crippen LogP contribution in [0, 0.1) is 22.7 Å². The van der Waals surface area contributed by atoms with Crippen molar-refractivity contribution in [1.82, 2.24) is 0 Å². The molecule has 1 aliphatic heterocycles. The smallest absolute Gasteiger partial charge is 0.199 e.